The van der Waals surface area contributed by atoms with Gasteiger partial charge in [-0.25, -0.2) is 0 Å². The molecule has 11 heavy (non-hydrogen) atoms. The first-order valence-corrected chi connectivity index (χ1v) is 3.35. The Balaban J connectivity index is 2.73. The minimum absolute atomic E-state index is 0.204. The Labute approximate surface area is 65.7 Å². The van der Waals surface area contributed by atoms with Crippen molar-refractivity contribution in [1.82, 2.24) is 10.2 Å². The molecule has 5 heteroatoms. The van der Waals surface area contributed by atoms with E-state index in [1.807, 2.05) is 0 Å². The van der Waals surface area contributed by atoms with Gasteiger partial charge >= 0.3 is 0 Å². The van der Waals surface area contributed by atoms with E-state index in [-0.39, 0.29) is 18.5 Å². The number of carbonyl (C=O) groups is 2. The highest BCUT2D eigenvalue weighted by Crippen LogP contribution is 2.07. The van der Waals surface area contributed by atoms with Gasteiger partial charge in [-0.2, -0.15) is 0 Å². The molecule has 0 saturated carbocycles. The number of hydrogen-bond acceptors (Lipinski definition) is 3. The van der Waals surface area contributed by atoms with Gasteiger partial charge in [0, 0.05) is 6.08 Å². The van der Waals surface area contributed by atoms with Crippen LogP contribution in [0.4, 0.5) is 0 Å². The van der Waals surface area contributed by atoms with Gasteiger partial charge in [-0.3, -0.25) is 14.5 Å². The van der Waals surface area contributed by atoms with Crippen molar-refractivity contribution in [3.8, 4) is 0 Å². The van der Waals surface area contributed by atoms with Crippen LogP contribution in [0.15, 0.2) is 11.5 Å². The zero-order valence-corrected chi connectivity index (χ0v) is 6.55. The van der Waals surface area contributed by atoms with E-state index in [2.05, 4.69) is 5.32 Å². The highest BCUT2D eigenvalue weighted by molar-refractivity contribution is 6.42. The average molecular weight is 152 g/mol. The third kappa shape index (κ3) is 1.32. The molecule has 1 aliphatic heterocycles. The summed E-state index contributed by atoms with van der Waals surface area (Å²) in [6.07, 6.45) is 1.35. The molecule has 0 aromatic rings. The summed E-state index contributed by atoms with van der Waals surface area (Å²) in [5.74, 6) is -0.439. The molecule has 0 aromatic heterocycles. The van der Waals surface area contributed by atoms with E-state index in [4.69, 9.17) is 0 Å². The Bertz CT molecular complexity index is 237. The Morgan fingerprint density at radius 3 is 2.64 bits per heavy atom. The van der Waals surface area contributed by atoms with Crippen molar-refractivity contribution in [3.05, 3.63) is 11.5 Å². The van der Waals surface area contributed by atoms with Gasteiger partial charge in [0.1, 0.15) is 7.85 Å². The highest BCUT2D eigenvalue weighted by atomic mass is 16.2. The van der Waals surface area contributed by atoms with Crippen LogP contribution >= 0.6 is 0 Å². The van der Waals surface area contributed by atoms with Crippen molar-refractivity contribution in [2.24, 2.45) is 0 Å². The Morgan fingerprint density at radius 1 is 1.64 bits per heavy atom. The Kier molecular flexibility index (Phi) is 2.09. The molecule has 1 rings (SSSR count). The van der Waals surface area contributed by atoms with Crippen LogP contribution < -0.4 is 5.32 Å². The van der Waals surface area contributed by atoms with E-state index >= 15 is 0 Å². The largest absolute Gasteiger partial charge is 0.302 e. The first-order chi connectivity index (χ1) is 5.16. The number of imide groups is 1. The number of nitrogens with zero attached hydrogens (tertiary/aromatic N) is 1. The lowest BCUT2D eigenvalue weighted by Crippen LogP contribution is -2.37. The second-order valence-corrected chi connectivity index (χ2v) is 2.41. The van der Waals surface area contributed by atoms with Gasteiger partial charge in [-0.1, -0.05) is 0 Å². The van der Waals surface area contributed by atoms with Crippen molar-refractivity contribution in [3.63, 3.8) is 0 Å². The number of amides is 2. The molecule has 4 nitrogen and oxygen atoms in total. The zero-order chi connectivity index (χ0) is 8.43. The first kappa shape index (κ1) is 8.01. The molecule has 0 fully saturated rings. The molecule has 0 spiro atoms. The van der Waals surface area contributed by atoms with E-state index in [0.29, 0.717) is 5.47 Å². The van der Waals surface area contributed by atoms with Crippen LogP contribution in [0.3, 0.4) is 0 Å². The number of rotatable bonds is 2. The number of carbonyl (C=O) groups excluding carboxylic acids is 2. The molecule has 0 radical (unpaired) electrons. The maximum absolute atomic E-state index is 11.1. The number of hydrogen-bond donors (Lipinski definition) is 1. The minimum Gasteiger partial charge on any atom is -0.302 e. The maximum atomic E-state index is 11.1. The van der Waals surface area contributed by atoms with Crippen LogP contribution in [-0.2, 0) is 9.59 Å². The van der Waals surface area contributed by atoms with E-state index in [0.717, 1.165) is 4.90 Å². The summed E-state index contributed by atoms with van der Waals surface area (Å²) in [5.41, 5.74) is 0.505. The average Bonchev–Trinajstić information content (AvgIpc) is 2.17. The molecule has 0 aromatic carbocycles. The van der Waals surface area contributed by atoms with Crippen LogP contribution in [0.1, 0.15) is 0 Å². The summed E-state index contributed by atoms with van der Waals surface area (Å²) in [4.78, 5) is 23.2. The lowest BCUT2D eigenvalue weighted by atomic mass is 9.97. The monoisotopic (exact) mass is 152 g/mol. The smallest absolute Gasteiger partial charge is 0.254 e. The van der Waals surface area contributed by atoms with Gasteiger partial charge in [0.25, 0.3) is 5.91 Å². The Morgan fingerprint density at radius 2 is 2.27 bits per heavy atom. The molecule has 1 aliphatic rings. The topological polar surface area (TPSA) is 49.4 Å². The van der Waals surface area contributed by atoms with Gasteiger partial charge in [-0.15, -0.1) is 0 Å². The molecule has 1 heterocycles. The van der Waals surface area contributed by atoms with Crippen LogP contribution in [0.2, 0.25) is 0 Å². The third-order valence-corrected chi connectivity index (χ3v) is 1.50. The summed E-state index contributed by atoms with van der Waals surface area (Å²) in [7, 11) is 3.32. The van der Waals surface area contributed by atoms with E-state index < -0.39 is 0 Å². The van der Waals surface area contributed by atoms with Crippen LogP contribution in [-0.4, -0.2) is 38.3 Å². The quantitative estimate of drug-likeness (QED) is 0.369. The van der Waals surface area contributed by atoms with Gasteiger partial charge in [0.05, 0.1) is 6.67 Å². The van der Waals surface area contributed by atoms with Gasteiger partial charge < -0.3 is 5.32 Å². The highest BCUT2D eigenvalue weighted by Gasteiger charge is 2.26. The van der Waals surface area contributed by atoms with Gasteiger partial charge in [0.15, 0.2) is 0 Å². The third-order valence-electron chi connectivity index (χ3n) is 1.50. The van der Waals surface area contributed by atoms with Crippen molar-refractivity contribution >= 4 is 19.7 Å². The summed E-state index contributed by atoms with van der Waals surface area (Å²) in [5, 5.41) is 2.74. The lowest BCUT2D eigenvalue weighted by molar-refractivity contribution is -0.137. The fourth-order valence-electron chi connectivity index (χ4n) is 0.946. The molecular formula is C6H9BN2O2. The fraction of sp³-hybridized carbons (Fsp3) is 0.333. The predicted molar refractivity (Wildman–Crippen MR) is 42.4 cm³/mol. The zero-order valence-electron chi connectivity index (χ0n) is 6.55. The molecule has 1 N–H and O–H groups in total. The molecule has 0 atom stereocenters. The maximum Gasteiger partial charge on any atom is 0.254 e. The first-order valence-electron chi connectivity index (χ1n) is 3.35. The fourth-order valence-corrected chi connectivity index (χ4v) is 0.946. The van der Waals surface area contributed by atoms with Crippen LogP contribution in [0.25, 0.3) is 0 Å². The molecule has 0 bridgehead atoms. The summed E-state index contributed by atoms with van der Waals surface area (Å²) in [6, 6.07) is 0. The molecule has 2 amide bonds. The van der Waals surface area contributed by atoms with Crippen molar-refractivity contribution in [1.29, 1.82) is 0 Å². The molecule has 0 aliphatic carbocycles. The van der Waals surface area contributed by atoms with Crippen LogP contribution in [0, 0.1) is 0 Å². The van der Waals surface area contributed by atoms with Crippen molar-refractivity contribution in [2.45, 2.75) is 0 Å². The number of nitrogens with one attached hydrogen (secondary N) is 1. The normalized spacial score (nSPS) is 17.5. The molecular weight excluding hydrogens is 143 g/mol. The molecule has 0 unspecified atom stereocenters. The summed E-state index contributed by atoms with van der Waals surface area (Å²) in [6.45, 7) is 0.283. The predicted octanol–water partition coefficient (Wildman–Crippen LogP) is -1.95. The van der Waals surface area contributed by atoms with Crippen molar-refractivity contribution in [2.75, 3.05) is 13.7 Å². The summed E-state index contributed by atoms with van der Waals surface area (Å²) < 4.78 is 0. The molecule has 0 saturated heterocycles. The van der Waals surface area contributed by atoms with E-state index in [9.17, 15) is 9.59 Å². The van der Waals surface area contributed by atoms with Crippen LogP contribution in [0.5, 0.6) is 0 Å². The van der Waals surface area contributed by atoms with E-state index in [1.165, 1.54) is 6.08 Å². The lowest BCUT2D eigenvalue weighted by Gasteiger charge is -2.12. The SMILES string of the molecule is BC1=CC(=O)N(CNC)C1=O. The van der Waals surface area contributed by atoms with Gasteiger partial charge in [0.2, 0.25) is 5.91 Å². The second-order valence-electron chi connectivity index (χ2n) is 2.41. The molecule has 58 valence electrons. The standard InChI is InChI=1S/C6H9BN2O2/c1-8-3-9-5(10)2-4(7)6(9)11/h2,8H,3,7H2,1H3. The van der Waals surface area contributed by atoms with Gasteiger partial charge in [-0.05, 0) is 12.5 Å². The second kappa shape index (κ2) is 2.88. The van der Waals surface area contributed by atoms with E-state index in [1.54, 1.807) is 14.9 Å². The summed E-state index contributed by atoms with van der Waals surface area (Å²) >= 11 is 0. The Hall–Kier alpha value is -1.10. The minimum atomic E-state index is -0.234. The van der Waals surface area contributed by atoms with Crippen molar-refractivity contribution < 1.29 is 9.59 Å².